The fourth-order valence-electron chi connectivity index (χ4n) is 2.84. The number of nitrogens with one attached hydrogen (secondary N) is 1. The molecule has 0 bridgehead atoms. The first-order valence-electron chi connectivity index (χ1n) is 8.43. The van der Waals surface area contributed by atoms with Crippen LogP contribution in [-0.4, -0.2) is 31.2 Å². The fraction of sp³-hybridized carbons (Fsp3) is 0.238. The third kappa shape index (κ3) is 4.47. The summed E-state index contributed by atoms with van der Waals surface area (Å²) in [6.07, 6.45) is 2.25. The van der Waals surface area contributed by atoms with Crippen molar-refractivity contribution in [2.75, 3.05) is 24.2 Å². The van der Waals surface area contributed by atoms with Crippen molar-refractivity contribution in [3.8, 4) is 11.8 Å². The van der Waals surface area contributed by atoms with Gasteiger partial charge in [-0.2, -0.15) is 0 Å². The molecule has 132 valence electrons. The Balaban J connectivity index is 1.54. The highest BCUT2D eigenvalue weighted by molar-refractivity contribution is 7.98. The van der Waals surface area contributed by atoms with Gasteiger partial charge >= 0.3 is 0 Å². The molecule has 0 saturated carbocycles. The van der Waals surface area contributed by atoms with Crippen LogP contribution in [0.5, 0.6) is 0 Å². The zero-order valence-corrected chi connectivity index (χ0v) is 15.4. The first kappa shape index (κ1) is 18.1. The van der Waals surface area contributed by atoms with Gasteiger partial charge in [-0.1, -0.05) is 30.0 Å². The molecule has 4 nitrogen and oxygen atoms in total. The second-order valence-corrected chi connectivity index (χ2v) is 6.87. The first-order chi connectivity index (χ1) is 12.7. The van der Waals surface area contributed by atoms with Crippen LogP contribution in [0.15, 0.2) is 59.5 Å². The molecule has 0 spiro atoms. The van der Waals surface area contributed by atoms with Gasteiger partial charge in [-0.15, -0.1) is 11.8 Å². The molecule has 0 radical (unpaired) electrons. The van der Waals surface area contributed by atoms with Gasteiger partial charge in [0.05, 0.1) is 12.5 Å². The number of hydrogen-bond acceptors (Lipinski definition) is 3. The Hall–Kier alpha value is -2.71. The Morgan fingerprint density at radius 2 is 1.92 bits per heavy atom. The average Bonchev–Trinajstić information content (AvgIpc) is 3.08. The van der Waals surface area contributed by atoms with Crippen molar-refractivity contribution in [1.82, 2.24) is 5.32 Å². The lowest BCUT2D eigenvalue weighted by atomic mass is 10.1. The lowest BCUT2D eigenvalue weighted by Crippen LogP contribution is -2.33. The molecule has 0 aliphatic carbocycles. The molecule has 2 aromatic rings. The number of nitrogens with zero attached hydrogens (tertiary/aromatic N) is 1. The van der Waals surface area contributed by atoms with Crippen molar-refractivity contribution in [2.24, 2.45) is 5.92 Å². The Labute approximate surface area is 158 Å². The lowest BCUT2D eigenvalue weighted by Gasteiger charge is -2.16. The smallest absolute Gasteiger partial charge is 0.227 e. The lowest BCUT2D eigenvalue weighted by molar-refractivity contribution is -0.126. The molecule has 1 atom stereocenters. The Morgan fingerprint density at radius 1 is 1.19 bits per heavy atom. The molecular weight excluding hydrogens is 344 g/mol. The van der Waals surface area contributed by atoms with E-state index in [1.807, 2.05) is 60.9 Å². The zero-order chi connectivity index (χ0) is 18.4. The molecule has 1 aliphatic heterocycles. The molecule has 1 saturated heterocycles. The predicted molar refractivity (Wildman–Crippen MR) is 105 cm³/mol. The van der Waals surface area contributed by atoms with E-state index in [1.165, 1.54) is 0 Å². The summed E-state index contributed by atoms with van der Waals surface area (Å²) < 4.78 is 0. The van der Waals surface area contributed by atoms with Gasteiger partial charge in [0.2, 0.25) is 11.8 Å². The summed E-state index contributed by atoms with van der Waals surface area (Å²) in [5.74, 6) is 5.47. The molecule has 1 aliphatic rings. The summed E-state index contributed by atoms with van der Waals surface area (Å²) in [6, 6.07) is 17.4. The average molecular weight is 364 g/mol. The maximum atomic E-state index is 12.3. The largest absolute Gasteiger partial charge is 0.345 e. The van der Waals surface area contributed by atoms with Gasteiger partial charge < -0.3 is 10.2 Å². The highest BCUT2D eigenvalue weighted by Gasteiger charge is 2.34. The summed E-state index contributed by atoms with van der Waals surface area (Å²) in [5, 5.41) is 2.81. The maximum absolute atomic E-state index is 12.3. The van der Waals surface area contributed by atoms with E-state index in [0.717, 1.165) is 16.1 Å². The highest BCUT2D eigenvalue weighted by atomic mass is 32.2. The molecule has 2 amide bonds. The van der Waals surface area contributed by atoms with Crippen LogP contribution >= 0.6 is 11.8 Å². The molecule has 1 fully saturated rings. The standard InChI is InChI=1S/C21H20N2O2S/c1-26-19-11-9-18(10-12-19)23-15-17(14-20(23)24)21(25)22-13-5-8-16-6-3-2-4-7-16/h2-4,6-7,9-12,17H,13-15H2,1H3,(H,22,25). The van der Waals surface area contributed by atoms with E-state index in [2.05, 4.69) is 17.2 Å². The van der Waals surface area contributed by atoms with E-state index >= 15 is 0 Å². The minimum absolute atomic E-state index is 0.0163. The van der Waals surface area contributed by atoms with E-state index < -0.39 is 0 Å². The van der Waals surface area contributed by atoms with Gasteiger partial charge in [-0.3, -0.25) is 9.59 Å². The number of anilines is 1. The van der Waals surface area contributed by atoms with Gasteiger partial charge in [0.25, 0.3) is 0 Å². The maximum Gasteiger partial charge on any atom is 0.227 e. The van der Waals surface area contributed by atoms with Crippen molar-refractivity contribution < 1.29 is 9.59 Å². The quantitative estimate of drug-likeness (QED) is 0.670. The number of rotatable bonds is 4. The van der Waals surface area contributed by atoms with Gasteiger partial charge in [-0.05, 0) is 42.7 Å². The molecule has 1 unspecified atom stereocenters. The van der Waals surface area contributed by atoms with Gasteiger partial charge in [0.15, 0.2) is 0 Å². The minimum Gasteiger partial charge on any atom is -0.345 e. The van der Waals surface area contributed by atoms with Crippen molar-refractivity contribution in [3.05, 3.63) is 60.2 Å². The van der Waals surface area contributed by atoms with Crippen LogP contribution in [0.4, 0.5) is 5.69 Å². The number of carbonyl (C=O) groups excluding carboxylic acids is 2. The SMILES string of the molecule is CSc1ccc(N2CC(C(=O)NCC#Cc3ccccc3)CC2=O)cc1. The molecule has 0 aromatic heterocycles. The van der Waals surface area contributed by atoms with E-state index in [9.17, 15) is 9.59 Å². The summed E-state index contributed by atoms with van der Waals surface area (Å²) in [4.78, 5) is 27.4. The van der Waals surface area contributed by atoms with Crippen molar-refractivity contribution >= 4 is 29.3 Å². The second kappa shape index (κ2) is 8.59. The number of amides is 2. The molecule has 1 N–H and O–H groups in total. The minimum atomic E-state index is -0.332. The van der Waals surface area contributed by atoms with Crippen LogP contribution in [0.25, 0.3) is 0 Å². The molecule has 26 heavy (non-hydrogen) atoms. The van der Waals surface area contributed by atoms with Crippen LogP contribution < -0.4 is 10.2 Å². The first-order valence-corrected chi connectivity index (χ1v) is 9.66. The number of carbonyl (C=O) groups is 2. The van der Waals surface area contributed by atoms with E-state index in [0.29, 0.717) is 6.54 Å². The molecule has 1 heterocycles. The zero-order valence-electron chi connectivity index (χ0n) is 14.6. The van der Waals surface area contributed by atoms with E-state index in [1.54, 1.807) is 16.7 Å². The number of thioether (sulfide) groups is 1. The normalized spacial score (nSPS) is 16.1. The van der Waals surface area contributed by atoms with Crippen molar-refractivity contribution in [1.29, 1.82) is 0 Å². The summed E-state index contributed by atoms with van der Waals surface area (Å²) in [5.41, 5.74) is 1.75. The molecule has 2 aromatic carbocycles. The Kier molecular flexibility index (Phi) is 5.98. The molecule has 5 heteroatoms. The van der Waals surface area contributed by atoms with E-state index in [-0.39, 0.29) is 30.7 Å². The van der Waals surface area contributed by atoms with Crippen LogP contribution in [-0.2, 0) is 9.59 Å². The Morgan fingerprint density at radius 3 is 2.62 bits per heavy atom. The highest BCUT2D eigenvalue weighted by Crippen LogP contribution is 2.27. The topological polar surface area (TPSA) is 49.4 Å². The van der Waals surface area contributed by atoms with Crippen LogP contribution in [0.2, 0.25) is 0 Å². The predicted octanol–water partition coefficient (Wildman–Crippen LogP) is 2.93. The number of hydrogen-bond donors (Lipinski definition) is 1. The monoisotopic (exact) mass is 364 g/mol. The molecular formula is C21H20N2O2S. The number of benzene rings is 2. The van der Waals surface area contributed by atoms with Gasteiger partial charge in [0, 0.05) is 29.1 Å². The summed E-state index contributed by atoms with van der Waals surface area (Å²) in [7, 11) is 0. The molecule has 3 rings (SSSR count). The van der Waals surface area contributed by atoms with Crippen LogP contribution in [0, 0.1) is 17.8 Å². The third-order valence-electron chi connectivity index (χ3n) is 4.24. The third-order valence-corrected chi connectivity index (χ3v) is 4.98. The van der Waals surface area contributed by atoms with E-state index in [4.69, 9.17) is 0 Å². The van der Waals surface area contributed by atoms with Gasteiger partial charge in [0.1, 0.15) is 0 Å². The van der Waals surface area contributed by atoms with Crippen LogP contribution in [0.1, 0.15) is 12.0 Å². The van der Waals surface area contributed by atoms with Crippen molar-refractivity contribution in [2.45, 2.75) is 11.3 Å². The van der Waals surface area contributed by atoms with Crippen LogP contribution in [0.3, 0.4) is 0 Å². The van der Waals surface area contributed by atoms with Crippen molar-refractivity contribution in [3.63, 3.8) is 0 Å². The summed E-state index contributed by atoms with van der Waals surface area (Å²) in [6.45, 7) is 0.691. The van der Waals surface area contributed by atoms with Gasteiger partial charge in [-0.25, -0.2) is 0 Å². The summed E-state index contributed by atoms with van der Waals surface area (Å²) >= 11 is 1.66. The second-order valence-electron chi connectivity index (χ2n) is 5.99. The Bertz CT molecular complexity index is 838. The fourth-order valence-corrected chi connectivity index (χ4v) is 3.25.